The van der Waals surface area contributed by atoms with Crippen molar-refractivity contribution in [2.45, 2.75) is 25.4 Å². The lowest BCUT2D eigenvalue weighted by Crippen LogP contribution is -2.45. The normalized spacial score (nSPS) is 17.4. The highest BCUT2D eigenvalue weighted by atomic mass is 19.1. The first-order chi connectivity index (χ1) is 10.4. The summed E-state index contributed by atoms with van der Waals surface area (Å²) in [7, 11) is 1.36. The first kappa shape index (κ1) is 15.9. The van der Waals surface area contributed by atoms with E-state index in [2.05, 4.69) is 5.32 Å². The van der Waals surface area contributed by atoms with Crippen molar-refractivity contribution in [2.75, 3.05) is 13.7 Å². The molecule has 0 aliphatic carbocycles. The van der Waals surface area contributed by atoms with Gasteiger partial charge in [0, 0.05) is 24.7 Å². The van der Waals surface area contributed by atoms with Crippen LogP contribution >= 0.6 is 0 Å². The highest BCUT2D eigenvalue weighted by molar-refractivity contribution is 5.85. The van der Waals surface area contributed by atoms with Crippen LogP contribution in [0.1, 0.15) is 18.4 Å². The molecule has 0 bridgehead atoms. The van der Waals surface area contributed by atoms with Gasteiger partial charge in [0.1, 0.15) is 11.8 Å². The molecule has 1 saturated heterocycles. The molecule has 7 nitrogen and oxygen atoms in total. The number of amides is 2. The summed E-state index contributed by atoms with van der Waals surface area (Å²) in [5.74, 6) is -1.56. The lowest BCUT2D eigenvalue weighted by atomic mass is 10.1. The Balaban J connectivity index is 2.05. The molecule has 1 atom stereocenters. The van der Waals surface area contributed by atoms with Gasteiger partial charge < -0.3 is 20.3 Å². The number of phenols is 1. The number of nitrogens with zero attached hydrogens (tertiary/aromatic N) is 1. The van der Waals surface area contributed by atoms with Crippen molar-refractivity contribution in [1.82, 2.24) is 10.2 Å². The third-order valence-corrected chi connectivity index (χ3v) is 3.60. The number of rotatable bonds is 4. The quantitative estimate of drug-likeness (QED) is 0.778. The lowest BCUT2D eigenvalue weighted by Gasteiger charge is -2.21. The van der Waals surface area contributed by atoms with Gasteiger partial charge in [-0.3, -0.25) is 9.69 Å². The van der Waals surface area contributed by atoms with E-state index in [9.17, 15) is 19.1 Å². The summed E-state index contributed by atoms with van der Waals surface area (Å²) in [5, 5.41) is 20.9. The second-order valence-electron chi connectivity index (χ2n) is 4.97. The summed E-state index contributed by atoms with van der Waals surface area (Å²) in [5.41, 5.74) is 0.353. The Hall–Kier alpha value is -2.51. The number of aromatic hydroxyl groups is 1. The largest absolute Gasteiger partial charge is 0.505 e. The van der Waals surface area contributed by atoms with E-state index in [0.29, 0.717) is 24.9 Å². The molecule has 2 rings (SSSR count). The minimum Gasteiger partial charge on any atom is -0.505 e. The van der Waals surface area contributed by atoms with Crippen molar-refractivity contribution in [1.29, 1.82) is 0 Å². The molecule has 0 radical (unpaired) electrons. The molecule has 1 aromatic carbocycles. The summed E-state index contributed by atoms with van der Waals surface area (Å²) >= 11 is 0. The maximum absolute atomic E-state index is 13.4. The topological polar surface area (TPSA) is 99.1 Å². The van der Waals surface area contributed by atoms with E-state index in [1.165, 1.54) is 7.11 Å². The zero-order valence-corrected chi connectivity index (χ0v) is 12.0. The van der Waals surface area contributed by atoms with Crippen LogP contribution in [0.5, 0.6) is 11.5 Å². The van der Waals surface area contributed by atoms with Gasteiger partial charge in [-0.25, -0.2) is 9.18 Å². The molecular weight excluding hydrogens is 295 g/mol. The SMILES string of the molecule is COc1cc(O)c(F)cc1CNC(=O)[C@@H]1CCCN1C(=O)O. The van der Waals surface area contributed by atoms with Gasteiger partial charge in [-0.2, -0.15) is 0 Å². The predicted molar refractivity (Wildman–Crippen MR) is 74.2 cm³/mol. The van der Waals surface area contributed by atoms with E-state index >= 15 is 0 Å². The van der Waals surface area contributed by atoms with Crippen LogP contribution < -0.4 is 10.1 Å². The van der Waals surface area contributed by atoms with Gasteiger partial charge in [-0.1, -0.05) is 0 Å². The number of hydrogen-bond donors (Lipinski definition) is 3. The number of carbonyl (C=O) groups is 2. The second-order valence-corrected chi connectivity index (χ2v) is 4.97. The van der Waals surface area contributed by atoms with Crippen molar-refractivity contribution in [3.05, 3.63) is 23.5 Å². The molecule has 1 fully saturated rings. The Morgan fingerprint density at radius 1 is 1.50 bits per heavy atom. The molecule has 0 aromatic heterocycles. The molecule has 1 aliphatic heterocycles. The van der Waals surface area contributed by atoms with E-state index in [0.717, 1.165) is 17.0 Å². The maximum atomic E-state index is 13.4. The van der Waals surface area contributed by atoms with E-state index in [-0.39, 0.29) is 12.3 Å². The number of phenolic OH excluding ortho intramolecular Hbond substituents is 1. The molecule has 3 N–H and O–H groups in total. The Morgan fingerprint density at radius 3 is 2.86 bits per heavy atom. The predicted octanol–water partition coefficient (Wildman–Crippen LogP) is 1.30. The molecule has 0 saturated carbocycles. The highest BCUT2D eigenvalue weighted by Gasteiger charge is 2.33. The first-order valence-electron chi connectivity index (χ1n) is 6.76. The van der Waals surface area contributed by atoms with Crippen LogP contribution in [-0.2, 0) is 11.3 Å². The summed E-state index contributed by atoms with van der Waals surface area (Å²) in [6.07, 6.45) is -0.0493. The standard InChI is InChI=1S/C14H17FN2O5/c1-22-12-6-11(18)9(15)5-8(12)7-16-13(19)10-3-2-4-17(10)14(20)21/h5-6,10,18H,2-4,7H2,1H3,(H,16,19)(H,20,21)/t10-/m0/s1. The van der Waals surface area contributed by atoms with Crippen molar-refractivity contribution in [3.8, 4) is 11.5 Å². The number of benzene rings is 1. The molecule has 22 heavy (non-hydrogen) atoms. The third kappa shape index (κ3) is 3.21. The Labute approximate surface area is 126 Å². The summed E-state index contributed by atoms with van der Waals surface area (Å²) in [6.45, 7) is 0.299. The van der Waals surface area contributed by atoms with Crippen LogP contribution in [0.3, 0.4) is 0 Å². The minimum absolute atomic E-state index is 0.0246. The van der Waals surface area contributed by atoms with Crippen molar-refractivity contribution < 1.29 is 28.9 Å². The molecule has 1 aliphatic rings. The van der Waals surface area contributed by atoms with Gasteiger partial charge in [0.2, 0.25) is 5.91 Å². The van der Waals surface area contributed by atoms with Crippen LogP contribution in [0, 0.1) is 5.82 Å². The molecule has 120 valence electrons. The zero-order chi connectivity index (χ0) is 16.3. The molecule has 2 amide bonds. The molecule has 1 aromatic rings. The number of carboxylic acid groups (broad SMARTS) is 1. The smallest absolute Gasteiger partial charge is 0.407 e. The fourth-order valence-electron chi connectivity index (χ4n) is 2.48. The fraction of sp³-hybridized carbons (Fsp3) is 0.429. The molecule has 0 spiro atoms. The molecule has 8 heteroatoms. The zero-order valence-electron chi connectivity index (χ0n) is 12.0. The third-order valence-electron chi connectivity index (χ3n) is 3.60. The van der Waals surface area contributed by atoms with Crippen LogP contribution in [-0.4, -0.2) is 46.8 Å². The van der Waals surface area contributed by atoms with E-state index in [4.69, 9.17) is 9.84 Å². The Kier molecular flexibility index (Phi) is 4.69. The monoisotopic (exact) mass is 312 g/mol. The van der Waals surface area contributed by atoms with Gasteiger partial charge in [-0.05, 0) is 18.9 Å². The lowest BCUT2D eigenvalue weighted by molar-refractivity contribution is -0.125. The summed E-state index contributed by atoms with van der Waals surface area (Å²) in [4.78, 5) is 24.2. The second kappa shape index (κ2) is 6.50. The maximum Gasteiger partial charge on any atom is 0.407 e. The Morgan fingerprint density at radius 2 is 2.23 bits per heavy atom. The summed E-state index contributed by atoms with van der Waals surface area (Å²) in [6, 6.07) is 1.46. The van der Waals surface area contributed by atoms with Gasteiger partial charge in [0.05, 0.1) is 7.11 Å². The van der Waals surface area contributed by atoms with E-state index < -0.39 is 29.6 Å². The number of hydrogen-bond acceptors (Lipinski definition) is 4. The molecule has 0 unspecified atom stereocenters. The van der Waals surface area contributed by atoms with Crippen LogP contribution in [0.15, 0.2) is 12.1 Å². The molecular formula is C14H17FN2O5. The van der Waals surface area contributed by atoms with Gasteiger partial charge >= 0.3 is 6.09 Å². The van der Waals surface area contributed by atoms with Crippen molar-refractivity contribution in [2.24, 2.45) is 0 Å². The van der Waals surface area contributed by atoms with Crippen molar-refractivity contribution >= 4 is 12.0 Å². The molecule has 1 heterocycles. The van der Waals surface area contributed by atoms with Gasteiger partial charge in [-0.15, -0.1) is 0 Å². The average Bonchev–Trinajstić information content (AvgIpc) is 2.97. The van der Waals surface area contributed by atoms with Crippen LogP contribution in [0.2, 0.25) is 0 Å². The van der Waals surface area contributed by atoms with E-state index in [1.54, 1.807) is 0 Å². The summed E-state index contributed by atoms with van der Waals surface area (Å²) < 4.78 is 18.4. The number of ether oxygens (including phenoxy) is 1. The first-order valence-corrected chi connectivity index (χ1v) is 6.76. The number of halogens is 1. The Bertz CT molecular complexity index is 593. The number of likely N-dealkylation sites (tertiary alicyclic amines) is 1. The van der Waals surface area contributed by atoms with E-state index in [1.807, 2.05) is 0 Å². The number of nitrogens with one attached hydrogen (secondary N) is 1. The highest BCUT2D eigenvalue weighted by Crippen LogP contribution is 2.27. The van der Waals surface area contributed by atoms with Crippen molar-refractivity contribution in [3.63, 3.8) is 0 Å². The van der Waals surface area contributed by atoms with Crippen LogP contribution in [0.25, 0.3) is 0 Å². The van der Waals surface area contributed by atoms with Crippen LogP contribution in [0.4, 0.5) is 9.18 Å². The minimum atomic E-state index is -1.13. The average molecular weight is 312 g/mol. The van der Waals surface area contributed by atoms with Gasteiger partial charge in [0.25, 0.3) is 0 Å². The number of methoxy groups -OCH3 is 1. The fourth-order valence-corrected chi connectivity index (χ4v) is 2.48. The number of carbonyl (C=O) groups excluding carboxylic acids is 1. The van der Waals surface area contributed by atoms with Gasteiger partial charge in [0.15, 0.2) is 11.6 Å².